The number of ether oxygens (including phenoxy) is 1. The molecular formula is C15H17F2NO3. The lowest BCUT2D eigenvalue weighted by molar-refractivity contribution is -0.146. The highest BCUT2D eigenvalue weighted by atomic mass is 19.1. The Labute approximate surface area is 121 Å². The van der Waals surface area contributed by atoms with Crippen LogP contribution in [0.3, 0.4) is 0 Å². The van der Waals surface area contributed by atoms with E-state index in [-0.39, 0.29) is 23.5 Å². The van der Waals surface area contributed by atoms with E-state index in [9.17, 15) is 18.4 Å². The summed E-state index contributed by atoms with van der Waals surface area (Å²) in [5.41, 5.74) is -0.0393. The summed E-state index contributed by atoms with van der Waals surface area (Å²) in [5, 5.41) is 2.74. The van der Waals surface area contributed by atoms with E-state index in [0.29, 0.717) is 25.7 Å². The average Bonchev–Trinajstić information content (AvgIpc) is 2.46. The molecule has 0 saturated heterocycles. The predicted octanol–water partition coefficient (Wildman–Crippen LogP) is 2.43. The van der Waals surface area contributed by atoms with Crippen LogP contribution in [0.2, 0.25) is 0 Å². The van der Waals surface area contributed by atoms with E-state index in [1.165, 1.54) is 7.11 Å². The molecule has 0 radical (unpaired) electrons. The summed E-state index contributed by atoms with van der Waals surface area (Å²) >= 11 is 0. The van der Waals surface area contributed by atoms with E-state index in [0.717, 1.165) is 18.2 Å². The van der Waals surface area contributed by atoms with Crippen LogP contribution in [0.4, 0.5) is 8.78 Å². The van der Waals surface area contributed by atoms with Gasteiger partial charge in [0.15, 0.2) is 0 Å². The van der Waals surface area contributed by atoms with Gasteiger partial charge in [0.1, 0.15) is 11.6 Å². The summed E-state index contributed by atoms with van der Waals surface area (Å²) in [6.07, 6.45) is 2.55. The van der Waals surface area contributed by atoms with Gasteiger partial charge in [-0.2, -0.15) is 0 Å². The number of methoxy groups -OCH3 is 1. The number of esters is 1. The number of amides is 1. The highest BCUT2D eigenvalue weighted by Crippen LogP contribution is 2.25. The highest BCUT2D eigenvalue weighted by molar-refractivity contribution is 5.94. The normalized spacial score (nSPS) is 21.7. The second-order valence-corrected chi connectivity index (χ2v) is 5.20. The highest BCUT2D eigenvalue weighted by Gasteiger charge is 2.27. The standard InChI is InChI=1S/C15H17F2NO3/c1-21-15(20)9-2-4-13(5-3-9)18-14(19)10-6-11(16)8-12(17)7-10/h6-9,13H,2-5H2,1H3,(H,18,19). The molecule has 0 aromatic heterocycles. The SMILES string of the molecule is COC(=O)C1CCC(NC(=O)c2cc(F)cc(F)c2)CC1. The van der Waals surface area contributed by atoms with Crippen molar-refractivity contribution in [1.82, 2.24) is 5.32 Å². The molecule has 1 aromatic rings. The summed E-state index contributed by atoms with van der Waals surface area (Å²) in [6, 6.07) is 2.62. The molecule has 1 amide bonds. The Morgan fingerprint density at radius 2 is 1.67 bits per heavy atom. The topological polar surface area (TPSA) is 55.4 Å². The fraction of sp³-hybridized carbons (Fsp3) is 0.467. The number of hydrogen-bond acceptors (Lipinski definition) is 3. The maximum atomic E-state index is 13.1. The summed E-state index contributed by atoms with van der Waals surface area (Å²) < 4.78 is 30.8. The van der Waals surface area contributed by atoms with Gasteiger partial charge < -0.3 is 10.1 Å². The van der Waals surface area contributed by atoms with Gasteiger partial charge in [0.25, 0.3) is 5.91 Å². The van der Waals surface area contributed by atoms with E-state index in [1.807, 2.05) is 0 Å². The van der Waals surface area contributed by atoms with Crippen LogP contribution in [0.15, 0.2) is 18.2 Å². The lowest BCUT2D eigenvalue weighted by atomic mass is 9.86. The fourth-order valence-corrected chi connectivity index (χ4v) is 2.59. The second-order valence-electron chi connectivity index (χ2n) is 5.20. The quantitative estimate of drug-likeness (QED) is 0.872. The Bertz CT molecular complexity index is 519. The van der Waals surface area contributed by atoms with E-state index in [1.54, 1.807) is 0 Å². The van der Waals surface area contributed by atoms with Gasteiger partial charge in [-0.3, -0.25) is 9.59 Å². The summed E-state index contributed by atoms with van der Waals surface area (Å²) in [6.45, 7) is 0. The molecule has 0 heterocycles. The number of nitrogens with one attached hydrogen (secondary N) is 1. The zero-order valence-electron chi connectivity index (χ0n) is 11.7. The average molecular weight is 297 g/mol. The number of hydrogen-bond donors (Lipinski definition) is 1. The van der Waals surface area contributed by atoms with Crippen molar-refractivity contribution in [2.45, 2.75) is 31.7 Å². The third-order valence-electron chi connectivity index (χ3n) is 3.72. The number of halogens is 2. The number of carbonyl (C=O) groups is 2. The minimum atomic E-state index is -0.783. The lowest BCUT2D eigenvalue weighted by Crippen LogP contribution is -2.39. The van der Waals surface area contributed by atoms with E-state index in [4.69, 9.17) is 4.74 Å². The van der Waals surface area contributed by atoms with Crippen molar-refractivity contribution in [3.63, 3.8) is 0 Å². The summed E-state index contributed by atoms with van der Waals surface area (Å²) in [7, 11) is 1.36. The van der Waals surface area contributed by atoms with E-state index >= 15 is 0 Å². The van der Waals surface area contributed by atoms with Gasteiger partial charge in [0, 0.05) is 17.7 Å². The molecule has 114 valence electrons. The molecular weight excluding hydrogens is 280 g/mol. The van der Waals surface area contributed by atoms with Gasteiger partial charge in [-0.05, 0) is 37.8 Å². The molecule has 0 unspecified atom stereocenters. The molecule has 1 fully saturated rings. The molecule has 0 atom stereocenters. The Morgan fingerprint density at radius 3 is 2.19 bits per heavy atom. The first kappa shape index (κ1) is 15.4. The maximum absolute atomic E-state index is 13.1. The van der Waals surface area contributed by atoms with Gasteiger partial charge in [-0.25, -0.2) is 8.78 Å². The number of benzene rings is 1. The molecule has 4 nitrogen and oxygen atoms in total. The minimum absolute atomic E-state index is 0.0393. The lowest BCUT2D eigenvalue weighted by Gasteiger charge is -2.27. The Kier molecular flexibility index (Phi) is 4.88. The van der Waals surface area contributed by atoms with Crippen molar-refractivity contribution < 1.29 is 23.1 Å². The Balaban J connectivity index is 1.91. The van der Waals surface area contributed by atoms with Gasteiger partial charge in [-0.1, -0.05) is 0 Å². The van der Waals surface area contributed by atoms with Crippen LogP contribution in [-0.4, -0.2) is 25.0 Å². The molecule has 1 aliphatic carbocycles. The van der Waals surface area contributed by atoms with E-state index < -0.39 is 17.5 Å². The molecule has 6 heteroatoms. The molecule has 21 heavy (non-hydrogen) atoms. The maximum Gasteiger partial charge on any atom is 0.308 e. The molecule has 1 aliphatic rings. The molecule has 1 saturated carbocycles. The van der Waals surface area contributed by atoms with Crippen molar-refractivity contribution in [1.29, 1.82) is 0 Å². The van der Waals surface area contributed by atoms with Gasteiger partial charge in [0.2, 0.25) is 0 Å². The van der Waals surface area contributed by atoms with Crippen LogP contribution < -0.4 is 5.32 Å². The zero-order valence-corrected chi connectivity index (χ0v) is 11.7. The van der Waals surface area contributed by atoms with Crippen LogP contribution in [0, 0.1) is 17.6 Å². The molecule has 2 rings (SSSR count). The van der Waals surface area contributed by atoms with Crippen molar-refractivity contribution in [2.75, 3.05) is 7.11 Å². The van der Waals surface area contributed by atoms with Crippen molar-refractivity contribution in [3.05, 3.63) is 35.4 Å². The zero-order chi connectivity index (χ0) is 15.4. The van der Waals surface area contributed by atoms with Crippen LogP contribution in [0.1, 0.15) is 36.0 Å². The first-order chi connectivity index (χ1) is 9.99. The Morgan fingerprint density at radius 1 is 1.10 bits per heavy atom. The molecule has 0 aliphatic heterocycles. The molecule has 0 bridgehead atoms. The van der Waals surface area contributed by atoms with Gasteiger partial charge in [-0.15, -0.1) is 0 Å². The van der Waals surface area contributed by atoms with Crippen molar-refractivity contribution >= 4 is 11.9 Å². The molecule has 1 N–H and O–H groups in total. The van der Waals surface area contributed by atoms with Crippen molar-refractivity contribution in [3.8, 4) is 0 Å². The number of carbonyl (C=O) groups excluding carboxylic acids is 2. The van der Waals surface area contributed by atoms with Gasteiger partial charge >= 0.3 is 5.97 Å². The Hall–Kier alpha value is -1.98. The van der Waals surface area contributed by atoms with Crippen LogP contribution in [0.25, 0.3) is 0 Å². The minimum Gasteiger partial charge on any atom is -0.469 e. The monoisotopic (exact) mass is 297 g/mol. The van der Waals surface area contributed by atoms with Gasteiger partial charge in [0.05, 0.1) is 13.0 Å². The van der Waals surface area contributed by atoms with Crippen LogP contribution in [0.5, 0.6) is 0 Å². The molecule has 0 spiro atoms. The third kappa shape index (κ3) is 4.00. The first-order valence-electron chi connectivity index (χ1n) is 6.84. The predicted molar refractivity (Wildman–Crippen MR) is 71.6 cm³/mol. The summed E-state index contributed by atoms with van der Waals surface area (Å²) in [4.78, 5) is 23.4. The smallest absolute Gasteiger partial charge is 0.308 e. The summed E-state index contributed by atoms with van der Waals surface area (Å²) in [5.74, 6) is -2.43. The fourth-order valence-electron chi connectivity index (χ4n) is 2.59. The van der Waals surface area contributed by atoms with Crippen LogP contribution >= 0.6 is 0 Å². The van der Waals surface area contributed by atoms with Crippen LogP contribution in [-0.2, 0) is 9.53 Å². The van der Waals surface area contributed by atoms with Crippen molar-refractivity contribution in [2.24, 2.45) is 5.92 Å². The second kappa shape index (κ2) is 6.65. The largest absolute Gasteiger partial charge is 0.469 e. The van der Waals surface area contributed by atoms with E-state index in [2.05, 4.69) is 5.32 Å². The molecule has 1 aromatic carbocycles. The number of rotatable bonds is 3. The first-order valence-corrected chi connectivity index (χ1v) is 6.84. The third-order valence-corrected chi connectivity index (χ3v) is 3.72.